The summed E-state index contributed by atoms with van der Waals surface area (Å²) in [4.78, 5) is 12.2. The van der Waals surface area contributed by atoms with Crippen LogP contribution in [-0.4, -0.2) is 44.1 Å². The third-order valence-electron chi connectivity index (χ3n) is 3.56. The van der Waals surface area contributed by atoms with E-state index in [-0.39, 0.29) is 5.91 Å². The van der Waals surface area contributed by atoms with Gasteiger partial charge in [-0.25, -0.2) is 4.68 Å². The smallest absolute Gasteiger partial charge is 0.271 e. The first-order chi connectivity index (χ1) is 11.7. The van der Waals surface area contributed by atoms with Gasteiger partial charge in [-0.1, -0.05) is 0 Å². The Hall–Kier alpha value is -3.16. The largest absolute Gasteiger partial charge is 0.497 e. The van der Waals surface area contributed by atoms with Crippen LogP contribution in [0.15, 0.2) is 43.0 Å². The number of carbonyl (C=O) groups is 1. The molecule has 0 aliphatic rings. The normalized spacial score (nSPS) is 10.6. The first-order valence-corrected chi connectivity index (χ1v) is 7.49. The van der Waals surface area contributed by atoms with Gasteiger partial charge in [0, 0.05) is 18.8 Å². The molecule has 0 spiro atoms. The summed E-state index contributed by atoms with van der Waals surface area (Å²) in [5, 5.41) is 14.6. The average molecular weight is 326 g/mol. The molecule has 0 aliphatic heterocycles. The Labute approximate surface area is 139 Å². The second-order valence-corrected chi connectivity index (χ2v) is 5.24. The van der Waals surface area contributed by atoms with Crippen molar-refractivity contribution < 1.29 is 9.53 Å². The highest BCUT2D eigenvalue weighted by atomic mass is 16.5. The molecule has 2 heterocycles. The molecule has 0 radical (unpaired) electrons. The fourth-order valence-electron chi connectivity index (χ4n) is 2.30. The van der Waals surface area contributed by atoms with Gasteiger partial charge >= 0.3 is 0 Å². The zero-order chi connectivity index (χ0) is 16.9. The standard InChI is InChI=1S/C16H18N6O2/c1-12-9-15(16(23)17-7-8-21-10-18-19-11-21)20-22(12)13-3-5-14(24-2)6-4-13/h3-6,9-11H,7-8H2,1-2H3,(H,17,23). The van der Waals surface area contributed by atoms with Gasteiger partial charge in [0.15, 0.2) is 5.69 Å². The fraction of sp³-hybridized carbons (Fsp3) is 0.250. The Morgan fingerprint density at radius 2 is 1.92 bits per heavy atom. The molecule has 124 valence electrons. The first-order valence-electron chi connectivity index (χ1n) is 7.49. The Kier molecular flexibility index (Phi) is 4.55. The molecule has 1 N–H and O–H groups in total. The van der Waals surface area contributed by atoms with Gasteiger partial charge in [-0.2, -0.15) is 5.10 Å². The summed E-state index contributed by atoms with van der Waals surface area (Å²) in [5.41, 5.74) is 2.13. The maximum Gasteiger partial charge on any atom is 0.271 e. The number of rotatable bonds is 6. The van der Waals surface area contributed by atoms with E-state index >= 15 is 0 Å². The zero-order valence-electron chi connectivity index (χ0n) is 13.5. The molecule has 24 heavy (non-hydrogen) atoms. The maximum absolute atomic E-state index is 12.2. The van der Waals surface area contributed by atoms with Crippen LogP contribution in [0.4, 0.5) is 0 Å². The van der Waals surface area contributed by atoms with Crippen molar-refractivity contribution in [3.8, 4) is 11.4 Å². The van der Waals surface area contributed by atoms with Crippen LogP contribution in [-0.2, 0) is 6.54 Å². The molecule has 3 rings (SSSR count). The second kappa shape index (κ2) is 6.95. The van der Waals surface area contributed by atoms with Crippen LogP contribution in [0.2, 0.25) is 0 Å². The number of hydrogen-bond donors (Lipinski definition) is 1. The quantitative estimate of drug-likeness (QED) is 0.736. The lowest BCUT2D eigenvalue weighted by Crippen LogP contribution is -2.27. The Bertz CT molecular complexity index is 808. The Morgan fingerprint density at radius 1 is 1.21 bits per heavy atom. The van der Waals surface area contributed by atoms with Gasteiger partial charge < -0.3 is 14.6 Å². The molecule has 0 aliphatic carbocycles. The van der Waals surface area contributed by atoms with E-state index in [9.17, 15) is 4.79 Å². The maximum atomic E-state index is 12.2. The summed E-state index contributed by atoms with van der Waals surface area (Å²) in [6.07, 6.45) is 3.21. The van der Waals surface area contributed by atoms with E-state index < -0.39 is 0 Å². The molecule has 0 saturated heterocycles. The molecule has 1 aromatic carbocycles. The molecule has 0 saturated carbocycles. The molecule has 2 aromatic heterocycles. The van der Waals surface area contributed by atoms with Crippen LogP contribution >= 0.6 is 0 Å². The number of amides is 1. The first kappa shape index (κ1) is 15.7. The number of benzene rings is 1. The highest BCUT2D eigenvalue weighted by Gasteiger charge is 2.13. The molecular formula is C16H18N6O2. The molecule has 0 unspecified atom stereocenters. The lowest BCUT2D eigenvalue weighted by molar-refractivity contribution is 0.0947. The topological polar surface area (TPSA) is 86.9 Å². The molecule has 0 atom stereocenters. The van der Waals surface area contributed by atoms with Gasteiger partial charge in [0.05, 0.1) is 12.8 Å². The molecular weight excluding hydrogens is 308 g/mol. The zero-order valence-corrected chi connectivity index (χ0v) is 13.5. The lowest BCUT2D eigenvalue weighted by atomic mass is 10.3. The van der Waals surface area contributed by atoms with Crippen molar-refractivity contribution in [2.24, 2.45) is 0 Å². The van der Waals surface area contributed by atoms with Gasteiger partial charge in [-0.05, 0) is 37.3 Å². The number of nitrogens with one attached hydrogen (secondary N) is 1. The molecule has 1 amide bonds. The minimum absolute atomic E-state index is 0.210. The van der Waals surface area contributed by atoms with E-state index in [1.165, 1.54) is 0 Å². The van der Waals surface area contributed by atoms with Gasteiger partial charge in [-0.3, -0.25) is 4.79 Å². The van der Waals surface area contributed by atoms with E-state index in [0.29, 0.717) is 18.8 Å². The second-order valence-electron chi connectivity index (χ2n) is 5.24. The van der Waals surface area contributed by atoms with Crippen molar-refractivity contribution in [3.63, 3.8) is 0 Å². The summed E-state index contributed by atoms with van der Waals surface area (Å²) in [7, 11) is 1.62. The summed E-state index contributed by atoms with van der Waals surface area (Å²) in [6, 6.07) is 9.27. The number of aryl methyl sites for hydroxylation is 1. The van der Waals surface area contributed by atoms with Crippen LogP contribution in [0.3, 0.4) is 0 Å². The Morgan fingerprint density at radius 3 is 2.58 bits per heavy atom. The number of hydrogen-bond acceptors (Lipinski definition) is 5. The van der Waals surface area contributed by atoms with Gasteiger partial charge in [0.1, 0.15) is 18.4 Å². The molecule has 0 bridgehead atoms. The minimum atomic E-state index is -0.210. The summed E-state index contributed by atoms with van der Waals surface area (Å²) < 4.78 is 8.67. The van der Waals surface area contributed by atoms with Crippen molar-refractivity contribution in [1.29, 1.82) is 0 Å². The van der Waals surface area contributed by atoms with Crippen molar-refractivity contribution in [2.45, 2.75) is 13.5 Å². The van der Waals surface area contributed by atoms with Crippen molar-refractivity contribution in [1.82, 2.24) is 29.9 Å². The monoisotopic (exact) mass is 326 g/mol. The highest BCUT2D eigenvalue weighted by molar-refractivity contribution is 5.92. The van der Waals surface area contributed by atoms with Crippen molar-refractivity contribution >= 4 is 5.91 Å². The molecule has 8 heteroatoms. The molecule has 0 fully saturated rings. The number of aromatic nitrogens is 5. The summed E-state index contributed by atoms with van der Waals surface area (Å²) in [5.74, 6) is 0.564. The highest BCUT2D eigenvalue weighted by Crippen LogP contribution is 2.16. The van der Waals surface area contributed by atoms with Crippen molar-refractivity contribution in [3.05, 3.63) is 54.4 Å². The minimum Gasteiger partial charge on any atom is -0.497 e. The number of ether oxygens (including phenoxy) is 1. The van der Waals surface area contributed by atoms with Crippen LogP contribution in [0, 0.1) is 6.92 Å². The lowest BCUT2D eigenvalue weighted by Gasteiger charge is -2.05. The fourth-order valence-corrected chi connectivity index (χ4v) is 2.30. The van der Waals surface area contributed by atoms with Gasteiger partial charge in [0.2, 0.25) is 0 Å². The van der Waals surface area contributed by atoms with Crippen LogP contribution in [0.25, 0.3) is 5.69 Å². The predicted molar refractivity (Wildman–Crippen MR) is 87.2 cm³/mol. The summed E-state index contributed by atoms with van der Waals surface area (Å²) >= 11 is 0. The van der Waals surface area contributed by atoms with Gasteiger partial charge in [-0.15, -0.1) is 10.2 Å². The van der Waals surface area contributed by atoms with Crippen LogP contribution < -0.4 is 10.1 Å². The number of methoxy groups -OCH3 is 1. The van der Waals surface area contributed by atoms with E-state index in [0.717, 1.165) is 17.1 Å². The summed E-state index contributed by atoms with van der Waals surface area (Å²) in [6.45, 7) is 2.99. The number of nitrogens with zero attached hydrogens (tertiary/aromatic N) is 5. The van der Waals surface area contributed by atoms with Crippen LogP contribution in [0.5, 0.6) is 5.75 Å². The van der Waals surface area contributed by atoms with Crippen molar-refractivity contribution in [2.75, 3.05) is 13.7 Å². The molecule has 8 nitrogen and oxygen atoms in total. The third-order valence-corrected chi connectivity index (χ3v) is 3.56. The van der Waals surface area contributed by atoms with E-state index in [2.05, 4.69) is 20.6 Å². The number of carbonyl (C=O) groups excluding carboxylic acids is 1. The van der Waals surface area contributed by atoms with E-state index in [1.807, 2.05) is 31.2 Å². The van der Waals surface area contributed by atoms with E-state index in [1.54, 1.807) is 35.1 Å². The molecule has 3 aromatic rings. The third kappa shape index (κ3) is 3.43. The average Bonchev–Trinajstić information content (AvgIpc) is 3.24. The van der Waals surface area contributed by atoms with E-state index in [4.69, 9.17) is 4.74 Å². The van der Waals surface area contributed by atoms with Gasteiger partial charge in [0.25, 0.3) is 5.91 Å². The SMILES string of the molecule is COc1ccc(-n2nc(C(=O)NCCn3cnnc3)cc2C)cc1. The van der Waals surface area contributed by atoms with Crippen LogP contribution in [0.1, 0.15) is 16.2 Å². The Balaban J connectivity index is 1.67. The predicted octanol–water partition coefficient (Wildman–Crippen LogP) is 1.21.